The lowest BCUT2D eigenvalue weighted by atomic mass is 10.1. The fourth-order valence-corrected chi connectivity index (χ4v) is 3.23. The van der Waals surface area contributed by atoms with E-state index < -0.39 is 5.91 Å². The lowest BCUT2D eigenvalue weighted by Gasteiger charge is -2.11. The Bertz CT molecular complexity index is 1200. The largest absolute Gasteiger partial charge is 0.451 e. The maximum atomic E-state index is 12.3. The van der Waals surface area contributed by atoms with Crippen molar-refractivity contribution >= 4 is 34.7 Å². The van der Waals surface area contributed by atoms with Gasteiger partial charge in [-0.3, -0.25) is 4.79 Å². The van der Waals surface area contributed by atoms with Crippen LogP contribution in [0.25, 0.3) is 16.7 Å². The molecule has 0 aliphatic heterocycles. The average Bonchev–Trinajstić information content (AvgIpc) is 3.30. The second-order valence-electron chi connectivity index (χ2n) is 6.51. The van der Waals surface area contributed by atoms with Gasteiger partial charge in [-0.15, -0.1) is 0 Å². The number of aryl methyl sites for hydroxylation is 1. The molecule has 0 aliphatic carbocycles. The van der Waals surface area contributed by atoms with Crippen molar-refractivity contribution < 1.29 is 9.21 Å². The molecule has 0 radical (unpaired) electrons. The minimum atomic E-state index is -0.423. The van der Waals surface area contributed by atoms with E-state index in [9.17, 15) is 4.79 Å². The molecule has 0 saturated carbocycles. The Morgan fingerprint density at radius 3 is 2.86 bits per heavy atom. The highest BCUT2D eigenvalue weighted by atomic mass is 35.5. The van der Waals surface area contributed by atoms with Crippen molar-refractivity contribution in [2.24, 2.45) is 5.10 Å². The van der Waals surface area contributed by atoms with E-state index in [0.717, 1.165) is 16.8 Å². The molecular formula is C22H18ClN3O2. The Morgan fingerprint density at radius 1 is 1.14 bits per heavy atom. The molecule has 140 valence electrons. The third-order valence-corrected chi connectivity index (χ3v) is 4.92. The van der Waals surface area contributed by atoms with Crippen molar-refractivity contribution in [2.45, 2.75) is 13.8 Å². The Balaban J connectivity index is 1.53. The molecule has 6 heteroatoms. The zero-order valence-corrected chi connectivity index (χ0v) is 16.2. The molecule has 1 N–H and O–H groups in total. The number of furan rings is 1. The number of aromatic nitrogens is 1. The van der Waals surface area contributed by atoms with E-state index in [1.165, 1.54) is 11.1 Å². The van der Waals surface area contributed by atoms with Crippen LogP contribution in [0, 0.1) is 13.8 Å². The Kier molecular flexibility index (Phi) is 4.75. The molecule has 2 aromatic carbocycles. The summed E-state index contributed by atoms with van der Waals surface area (Å²) < 4.78 is 7.57. The van der Waals surface area contributed by atoms with Gasteiger partial charge in [0.15, 0.2) is 5.76 Å². The summed E-state index contributed by atoms with van der Waals surface area (Å²) in [5, 5.41) is 5.44. The van der Waals surface area contributed by atoms with E-state index in [-0.39, 0.29) is 5.76 Å². The molecule has 4 aromatic rings. The van der Waals surface area contributed by atoms with Gasteiger partial charge in [0, 0.05) is 22.3 Å². The molecule has 5 nitrogen and oxygen atoms in total. The summed E-state index contributed by atoms with van der Waals surface area (Å²) in [4.78, 5) is 12.3. The van der Waals surface area contributed by atoms with Gasteiger partial charge in [0.2, 0.25) is 0 Å². The molecule has 28 heavy (non-hydrogen) atoms. The quantitative estimate of drug-likeness (QED) is 0.381. The van der Waals surface area contributed by atoms with Crippen LogP contribution in [0.3, 0.4) is 0 Å². The van der Waals surface area contributed by atoms with Gasteiger partial charge in [-0.1, -0.05) is 23.7 Å². The summed E-state index contributed by atoms with van der Waals surface area (Å²) in [5.74, 6) is -0.243. The average molecular weight is 392 g/mol. The van der Waals surface area contributed by atoms with E-state index in [1.807, 2.05) is 29.0 Å². The summed E-state index contributed by atoms with van der Waals surface area (Å²) in [7, 11) is 0. The lowest BCUT2D eigenvalue weighted by molar-refractivity contribution is 0.0929. The molecule has 0 aliphatic rings. The van der Waals surface area contributed by atoms with E-state index in [1.54, 1.807) is 30.5 Å². The summed E-state index contributed by atoms with van der Waals surface area (Å²) >= 11 is 5.97. The highest BCUT2D eigenvalue weighted by Gasteiger charge is 2.12. The van der Waals surface area contributed by atoms with E-state index in [0.29, 0.717) is 10.6 Å². The summed E-state index contributed by atoms with van der Waals surface area (Å²) in [5.41, 5.74) is 7.44. The molecular weight excluding hydrogens is 374 g/mol. The number of halogens is 1. The number of benzene rings is 2. The summed E-state index contributed by atoms with van der Waals surface area (Å²) in [6.45, 7) is 4.16. The van der Waals surface area contributed by atoms with Gasteiger partial charge in [0.1, 0.15) is 5.58 Å². The first-order valence-electron chi connectivity index (χ1n) is 8.79. The van der Waals surface area contributed by atoms with Crippen LogP contribution in [0.5, 0.6) is 0 Å². The minimum Gasteiger partial charge on any atom is -0.451 e. The highest BCUT2D eigenvalue weighted by molar-refractivity contribution is 6.31. The zero-order valence-electron chi connectivity index (χ0n) is 15.4. The van der Waals surface area contributed by atoms with Crippen molar-refractivity contribution in [3.63, 3.8) is 0 Å². The molecule has 0 atom stereocenters. The molecule has 2 heterocycles. The van der Waals surface area contributed by atoms with Gasteiger partial charge in [-0.25, -0.2) is 5.43 Å². The Labute approximate surface area is 167 Å². The van der Waals surface area contributed by atoms with Crippen molar-refractivity contribution in [2.75, 3.05) is 0 Å². The maximum Gasteiger partial charge on any atom is 0.307 e. The number of carbonyl (C=O) groups excluding carboxylic acids is 1. The fraction of sp³-hybridized carbons (Fsp3) is 0.0909. The SMILES string of the molecule is Cc1cccc(-n2cccc2/C=N/NC(=O)c2cc3cc(Cl)ccc3o2)c1C. The van der Waals surface area contributed by atoms with Crippen LogP contribution < -0.4 is 5.43 Å². The first kappa shape index (κ1) is 18.1. The normalized spacial score (nSPS) is 11.4. The smallest absolute Gasteiger partial charge is 0.307 e. The molecule has 0 fully saturated rings. The van der Waals surface area contributed by atoms with Gasteiger partial charge in [-0.2, -0.15) is 5.10 Å². The Morgan fingerprint density at radius 2 is 2.00 bits per heavy atom. The van der Waals surface area contributed by atoms with Crippen LogP contribution in [-0.2, 0) is 0 Å². The first-order valence-corrected chi connectivity index (χ1v) is 9.17. The minimum absolute atomic E-state index is 0.180. The van der Waals surface area contributed by atoms with Gasteiger partial charge in [-0.05, 0) is 67.4 Å². The fourth-order valence-electron chi connectivity index (χ4n) is 3.05. The second kappa shape index (κ2) is 7.37. The van der Waals surface area contributed by atoms with Crippen LogP contribution >= 0.6 is 11.6 Å². The van der Waals surface area contributed by atoms with E-state index >= 15 is 0 Å². The molecule has 0 bridgehead atoms. The monoisotopic (exact) mass is 391 g/mol. The summed E-state index contributed by atoms with van der Waals surface area (Å²) in [6.07, 6.45) is 3.58. The van der Waals surface area contributed by atoms with E-state index in [2.05, 4.69) is 36.5 Å². The number of nitrogens with zero attached hydrogens (tertiary/aromatic N) is 2. The molecule has 0 unspecified atom stereocenters. The molecule has 1 amide bonds. The van der Waals surface area contributed by atoms with Crippen LogP contribution in [-0.4, -0.2) is 16.7 Å². The van der Waals surface area contributed by atoms with Crippen LogP contribution in [0.1, 0.15) is 27.4 Å². The van der Waals surface area contributed by atoms with Crippen LogP contribution in [0.4, 0.5) is 0 Å². The van der Waals surface area contributed by atoms with E-state index in [4.69, 9.17) is 16.0 Å². The van der Waals surface area contributed by atoms with Gasteiger partial charge < -0.3 is 8.98 Å². The highest BCUT2D eigenvalue weighted by Crippen LogP contribution is 2.23. The number of hydrogen-bond acceptors (Lipinski definition) is 3. The number of nitrogens with one attached hydrogen (secondary N) is 1. The molecule has 0 spiro atoms. The lowest BCUT2D eigenvalue weighted by Crippen LogP contribution is -2.17. The number of hydrazone groups is 1. The Hall–Kier alpha value is -3.31. The number of carbonyl (C=O) groups is 1. The number of hydrogen-bond donors (Lipinski definition) is 1. The van der Waals surface area contributed by atoms with Crippen LogP contribution in [0.15, 0.2) is 70.3 Å². The van der Waals surface area contributed by atoms with Gasteiger partial charge in [0.25, 0.3) is 0 Å². The van der Waals surface area contributed by atoms with Crippen molar-refractivity contribution in [1.82, 2.24) is 9.99 Å². The molecule has 4 rings (SSSR count). The predicted octanol–water partition coefficient (Wildman–Crippen LogP) is 5.26. The topological polar surface area (TPSA) is 59.5 Å². The standard InChI is InChI=1S/C22H18ClN3O2/c1-14-5-3-7-19(15(14)2)26-10-4-6-18(26)13-24-25-22(27)21-12-16-11-17(23)8-9-20(16)28-21/h3-13H,1-2H3,(H,25,27)/b24-13+. The van der Waals surface area contributed by atoms with Crippen LogP contribution in [0.2, 0.25) is 5.02 Å². The zero-order chi connectivity index (χ0) is 19.7. The van der Waals surface area contributed by atoms with Crippen molar-refractivity contribution in [1.29, 1.82) is 0 Å². The van der Waals surface area contributed by atoms with Gasteiger partial charge in [0.05, 0.1) is 11.9 Å². The summed E-state index contributed by atoms with van der Waals surface area (Å²) in [6, 6.07) is 16.9. The number of fused-ring (bicyclic) bond motifs is 1. The first-order chi connectivity index (χ1) is 13.5. The second-order valence-corrected chi connectivity index (χ2v) is 6.95. The predicted molar refractivity (Wildman–Crippen MR) is 112 cm³/mol. The van der Waals surface area contributed by atoms with Crippen molar-refractivity contribution in [3.8, 4) is 5.69 Å². The number of rotatable bonds is 4. The maximum absolute atomic E-state index is 12.3. The van der Waals surface area contributed by atoms with Crippen molar-refractivity contribution in [3.05, 3.63) is 88.4 Å². The van der Waals surface area contributed by atoms with Gasteiger partial charge >= 0.3 is 5.91 Å². The third-order valence-electron chi connectivity index (χ3n) is 4.68. The third kappa shape index (κ3) is 3.44. The molecule has 0 saturated heterocycles. The molecule has 2 aromatic heterocycles. The number of amides is 1.